The molecule has 1 amide bonds. The van der Waals surface area contributed by atoms with Gasteiger partial charge in [-0.1, -0.05) is 42.5 Å². The third-order valence-corrected chi connectivity index (χ3v) is 7.13. The van der Waals surface area contributed by atoms with Gasteiger partial charge in [0.1, 0.15) is 0 Å². The van der Waals surface area contributed by atoms with E-state index in [0.29, 0.717) is 19.0 Å². The molecule has 1 unspecified atom stereocenters. The number of nitrogens with one attached hydrogen (secondary N) is 2. The molecule has 1 heterocycles. The number of amides is 1. The lowest BCUT2D eigenvalue weighted by atomic mass is 9.98. The Kier molecular flexibility index (Phi) is 7.25. The fourth-order valence-corrected chi connectivity index (χ4v) is 4.66. The zero-order valence-electron chi connectivity index (χ0n) is 16.9. The molecule has 0 spiro atoms. The predicted octanol–water partition coefficient (Wildman–Crippen LogP) is 2.96. The van der Waals surface area contributed by atoms with E-state index in [1.807, 2.05) is 36.4 Å². The van der Waals surface area contributed by atoms with E-state index in [4.69, 9.17) is 5.21 Å². The molecule has 3 rings (SSSR count). The maximum atomic E-state index is 12.7. The minimum absolute atomic E-state index is 0.0591. The van der Waals surface area contributed by atoms with Gasteiger partial charge in [-0.15, -0.1) is 0 Å². The molecule has 2 aromatic rings. The molecule has 160 valence electrons. The third kappa shape index (κ3) is 5.47. The number of carbonyl (C=O) groups excluding carboxylic acids is 1. The van der Waals surface area contributed by atoms with Crippen LogP contribution >= 0.6 is 0 Å². The topological polar surface area (TPSA) is 98.7 Å². The molecular formula is C22H27N3O4S. The standard InChI is InChI=1S/C22H27N3O4S/c1-2-30(28,29)25(14-13-19-15-23-21-6-4-3-5-20(19)21)16-18-9-7-17(8-10-18)11-12-22(26)24-27/h3-12,19,23,27H,2,13-16H2,1H3,(H,24,26). The molecule has 8 heteroatoms. The van der Waals surface area contributed by atoms with Crippen LogP contribution in [-0.2, 0) is 21.4 Å². The normalized spacial score (nSPS) is 15.9. The minimum atomic E-state index is -3.34. The lowest BCUT2D eigenvalue weighted by Crippen LogP contribution is -2.33. The molecule has 1 aliphatic heterocycles. The van der Waals surface area contributed by atoms with Gasteiger partial charge in [0.2, 0.25) is 10.0 Å². The molecule has 0 bridgehead atoms. The molecule has 0 saturated heterocycles. The number of fused-ring (bicyclic) bond motifs is 1. The number of anilines is 1. The zero-order chi connectivity index (χ0) is 21.6. The summed E-state index contributed by atoms with van der Waals surface area (Å²) < 4.78 is 26.9. The number of rotatable bonds is 9. The smallest absolute Gasteiger partial charge is 0.267 e. The second-order valence-electron chi connectivity index (χ2n) is 7.24. The van der Waals surface area contributed by atoms with Crippen LogP contribution in [0.5, 0.6) is 0 Å². The first kappa shape index (κ1) is 22.0. The molecular weight excluding hydrogens is 402 g/mol. The van der Waals surface area contributed by atoms with Crippen LogP contribution in [0.2, 0.25) is 0 Å². The number of benzene rings is 2. The molecule has 30 heavy (non-hydrogen) atoms. The highest BCUT2D eigenvalue weighted by atomic mass is 32.2. The summed E-state index contributed by atoms with van der Waals surface area (Å²) in [5, 5.41) is 11.9. The maximum absolute atomic E-state index is 12.7. The quantitative estimate of drug-likeness (QED) is 0.323. The van der Waals surface area contributed by atoms with E-state index in [1.54, 1.807) is 17.3 Å². The van der Waals surface area contributed by atoms with E-state index in [0.717, 1.165) is 29.8 Å². The van der Waals surface area contributed by atoms with Gasteiger partial charge in [-0.2, -0.15) is 4.31 Å². The summed E-state index contributed by atoms with van der Waals surface area (Å²) in [4.78, 5) is 11.1. The van der Waals surface area contributed by atoms with Gasteiger partial charge in [0.05, 0.1) is 5.75 Å². The van der Waals surface area contributed by atoms with Crippen LogP contribution in [0.1, 0.15) is 36.0 Å². The van der Waals surface area contributed by atoms with E-state index < -0.39 is 15.9 Å². The molecule has 7 nitrogen and oxygen atoms in total. The van der Waals surface area contributed by atoms with Crippen molar-refractivity contribution in [3.63, 3.8) is 0 Å². The van der Waals surface area contributed by atoms with E-state index in [-0.39, 0.29) is 5.75 Å². The Hall–Kier alpha value is -2.68. The highest BCUT2D eigenvalue weighted by Crippen LogP contribution is 2.33. The summed E-state index contributed by atoms with van der Waals surface area (Å²) in [6, 6.07) is 15.5. The SMILES string of the molecule is CCS(=O)(=O)N(CCC1CNc2ccccc21)Cc1ccc(C=CC(=O)NO)cc1. The maximum Gasteiger partial charge on any atom is 0.267 e. The number of carbonyl (C=O) groups is 1. The van der Waals surface area contributed by atoms with E-state index in [2.05, 4.69) is 17.4 Å². The molecule has 3 N–H and O–H groups in total. The van der Waals surface area contributed by atoms with Crippen molar-refractivity contribution in [3.05, 3.63) is 71.3 Å². The first-order valence-corrected chi connectivity index (χ1v) is 11.6. The van der Waals surface area contributed by atoms with Crippen molar-refractivity contribution >= 4 is 27.7 Å². The van der Waals surface area contributed by atoms with Gasteiger partial charge < -0.3 is 5.32 Å². The lowest BCUT2D eigenvalue weighted by Gasteiger charge is -2.23. The Bertz CT molecular complexity index is 1000. The Balaban J connectivity index is 1.68. The third-order valence-electron chi connectivity index (χ3n) is 5.30. The number of para-hydroxylation sites is 1. The van der Waals surface area contributed by atoms with Crippen LogP contribution in [-0.4, -0.2) is 42.7 Å². The van der Waals surface area contributed by atoms with Crippen LogP contribution < -0.4 is 10.8 Å². The van der Waals surface area contributed by atoms with Crippen LogP contribution in [0.3, 0.4) is 0 Å². The van der Waals surface area contributed by atoms with Crippen molar-refractivity contribution in [3.8, 4) is 0 Å². The van der Waals surface area contributed by atoms with Gasteiger partial charge in [-0.05, 0) is 42.2 Å². The largest absolute Gasteiger partial charge is 0.384 e. The number of hydroxylamine groups is 1. The molecule has 1 atom stereocenters. The second-order valence-corrected chi connectivity index (χ2v) is 9.50. The summed E-state index contributed by atoms with van der Waals surface area (Å²) >= 11 is 0. The van der Waals surface area contributed by atoms with Crippen LogP contribution in [0.15, 0.2) is 54.6 Å². The lowest BCUT2D eigenvalue weighted by molar-refractivity contribution is -0.124. The van der Waals surface area contributed by atoms with Crippen LogP contribution in [0, 0.1) is 0 Å². The highest BCUT2D eigenvalue weighted by Gasteiger charge is 2.25. The number of hydrogen-bond donors (Lipinski definition) is 3. The van der Waals surface area contributed by atoms with E-state index in [1.165, 1.54) is 17.1 Å². The van der Waals surface area contributed by atoms with Crippen LogP contribution in [0.4, 0.5) is 5.69 Å². The fourth-order valence-electron chi connectivity index (χ4n) is 3.56. The first-order chi connectivity index (χ1) is 14.4. The number of nitrogens with zero attached hydrogens (tertiary/aromatic N) is 1. The van der Waals surface area contributed by atoms with Crippen molar-refractivity contribution < 1.29 is 18.4 Å². The molecule has 0 fully saturated rings. The Labute approximate surface area is 177 Å². The monoisotopic (exact) mass is 429 g/mol. The predicted molar refractivity (Wildman–Crippen MR) is 118 cm³/mol. The number of hydrogen-bond acceptors (Lipinski definition) is 5. The van der Waals surface area contributed by atoms with Crippen molar-refractivity contribution in [2.75, 3.05) is 24.2 Å². The van der Waals surface area contributed by atoms with Crippen molar-refractivity contribution in [1.82, 2.24) is 9.79 Å². The Morgan fingerprint density at radius 1 is 1.23 bits per heavy atom. The van der Waals surface area contributed by atoms with Gasteiger partial charge in [-0.3, -0.25) is 10.0 Å². The molecule has 0 aliphatic carbocycles. The van der Waals surface area contributed by atoms with Crippen molar-refractivity contribution in [1.29, 1.82) is 0 Å². The Morgan fingerprint density at radius 3 is 2.67 bits per heavy atom. The summed E-state index contributed by atoms with van der Waals surface area (Å²) in [5.74, 6) is -0.257. The summed E-state index contributed by atoms with van der Waals surface area (Å²) in [5.41, 5.74) is 5.57. The average molecular weight is 430 g/mol. The molecule has 2 aromatic carbocycles. The minimum Gasteiger partial charge on any atom is -0.384 e. The van der Waals surface area contributed by atoms with Crippen molar-refractivity contribution in [2.24, 2.45) is 0 Å². The highest BCUT2D eigenvalue weighted by molar-refractivity contribution is 7.89. The van der Waals surface area contributed by atoms with Gasteiger partial charge in [0.25, 0.3) is 5.91 Å². The van der Waals surface area contributed by atoms with Gasteiger partial charge in [0, 0.05) is 37.3 Å². The van der Waals surface area contributed by atoms with Gasteiger partial charge in [0.15, 0.2) is 0 Å². The molecule has 0 saturated carbocycles. The summed E-state index contributed by atoms with van der Waals surface area (Å²) in [6.07, 6.45) is 3.54. The average Bonchev–Trinajstić information content (AvgIpc) is 3.18. The number of sulfonamides is 1. The zero-order valence-corrected chi connectivity index (χ0v) is 17.7. The fraction of sp³-hybridized carbons (Fsp3) is 0.318. The van der Waals surface area contributed by atoms with Gasteiger partial charge >= 0.3 is 0 Å². The summed E-state index contributed by atoms with van der Waals surface area (Å²) in [7, 11) is -3.34. The van der Waals surface area contributed by atoms with E-state index >= 15 is 0 Å². The Morgan fingerprint density at radius 2 is 1.97 bits per heavy atom. The second kappa shape index (κ2) is 9.88. The molecule has 1 aliphatic rings. The first-order valence-electron chi connectivity index (χ1n) is 9.94. The summed E-state index contributed by atoms with van der Waals surface area (Å²) in [6.45, 7) is 3.24. The van der Waals surface area contributed by atoms with Crippen molar-refractivity contribution in [2.45, 2.75) is 25.8 Å². The van der Waals surface area contributed by atoms with Crippen LogP contribution in [0.25, 0.3) is 6.08 Å². The molecule has 0 radical (unpaired) electrons. The van der Waals surface area contributed by atoms with E-state index in [9.17, 15) is 13.2 Å². The van der Waals surface area contributed by atoms with Gasteiger partial charge in [-0.25, -0.2) is 13.9 Å². The molecule has 0 aromatic heterocycles.